The topological polar surface area (TPSA) is 46.3 Å². The Hall–Kier alpha value is -0.940. The van der Waals surface area contributed by atoms with Crippen LogP contribution in [0.3, 0.4) is 0 Å². The fourth-order valence-corrected chi connectivity index (χ4v) is 3.04. The average molecular weight is 329 g/mol. The predicted octanol–water partition coefficient (Wildman–Crippen LogP) is 2.79. The Labute approximate surface area is 121 Å². The van der Waals surface area contributed by atoms with Crippen LogP contribution in [0.25, 0.3) is 0 Å². The molecule has 1 aliphatic heterocycles. The van der Waals surface area contributed by atoms with Crippen molar-refractivity contribution in [3.8, 4) is 0 Å². The van der Waals surface area contributed by atoms with Gasteiger partial charge in [0.2, 0.25) is 0 Å². The first-order valence-electron chi connectivity index (χ1n) is 6.50. The highest BCUT2D eigenvalue weighted by Gasteiger charge is 2.32. The Morgan fingerprint density at radius 1 is 1.58 bits per heavy atom. The molecular weight excluding hydrogens is 311 g/mol. The number of carbonyl (C=O) groups excluding carboxylic acids is 1. The van der Waals surface area contributed by atoms with Crippen LogP contribution >= 0.6 is 15.9 Å². The van der Waals surface area contributed by atoms with E-state index in [-0.39, 0.29) is 17.5 Å². The number of halogens is 2. The van der Waals surface area contributed by atoms with Crippen molar-refractivity contribution in [3.05, 3.63) is 34.1 Å². The largest absolute Gasteiger partial charge is 0.334 e. The molecule has 5 heteroatoms. The number of likely N-dealkylation sites (tertiary alicyclic amines) is 1. The summed E-state index contributed by atoms with van der Waals surface area (Å²) in [7, 11) is 0. The van der Waals surface area contributed by atoms with E-state index in [2.05, 4.69) is 22.9 Å². The summed E-state index contributed by atoms with van der Waals surface area (Å²) >= 11 is 3.27. The van der Waals surface area contributed by atoms with Crippen molar-refractivity contribution in [2.75, 3.05) is 13.1 Å². The first-order valence-corrected chi connectivity index (χ1v) is 7.30. The summed E-state index contributed by atoms with van der Waals surface area (Å²) in [6.45, 7) is 3.16. The zero-order valence-corrected chi connectivity index (χ0v) is 12.5. The lowest BCUT2D eigenvalue weighted by molar-refractivity contribution is 0.0528. The van der Waals surface area contributed by atoms with Crippen molar-refractivity contribution in [2.45, 2.75) is 25.8 Å². The van der Waals surface area contributed by atoms with Crippen molar-refractivity contribution in [2.24, 2.45) is 11.7 Å². The molecule has 0 saturated carbocycles. The molecule has 0 radical (unpaired) electrons. The predicted molar refractivity (Wildman–Crippen MR) is 76.4 cm³/mol. The van der Waals surface area contributed by atoms with E-state index in [1.165, 1.54) is 12.1 Å². The second-order valence-corrected chi connectivity index (χ2v) is 5.96. The summed E-state index contributed by atoms with van der Waals surface area (Å²) in [6.07, 6.45) is 2.01. The standard InChI is InChI=1S/C14H18BrFN2O/c1-9-3-2-6-18(13(9)8-17)14(19)11-7-10(15)4-5-12(11)16/h4-5,7,9,13H,2-3,6,8,17H2,1H3. The van der Waals surface area contributed by atoms with Gasteiger partial charge in [0.25, 0.3) is 5.91 Å². The Bertz CT molecular complexity index is 481. The van der Waals surface area contributed by atoms with Gasteiger partial charge in [0.15, 0.2) is 0 Å². The number of nitrogens with zero attached hydrogens (tertiary/aromatic N) is 1. The van der Waals surface area contributed by atoms with E-state index in [1.54, 1.807) is 11.0 Å². The van der Waals surface area contributed by atoms with Gasteiger partial charge in [-0.1, -0.05) is 22.9 Å². The fraction of sp³-hybridized carbons (Fsp3) is 0.500. The smallest absolute Gasteiger partial charge is 0.257 e. The van der Waals surface area contributed by atoms with Gasteiger partial charge in [-0.05, 0) is 37.0 Å². The normalized spacial score (nSPS) is 23.5. The molecule has 0 bridgehead atoms. The van der Waals surface area contributed by atoms with Crippen molar-refractivity contribution in [1.82, 2.24) is 4.90 Å². The Morgan fingerprint density at radius 3 is 3.00 bits per heavy atom. The molecule has 19 heavy (non-hydrogen) atoms. The highest BCUT2D eigenvalue weighted by atomic mass is 79.9. The minimum Gasteiger partial charge on any atom is -0.334 e. The van der Waals surface area contributed by atoms with Gasteiger partial charge in [-0.25, -0.2) is 4.39 Å². The molecule has 104 valence electrons. The van der Waals surface area contributed by atoms with E-state index in [4.69, 9.17) is 5.73 Å². The summed E-state index contributed by atoms with van der Waals surface area (Å²) in [5, 5.41) is 0. The number of hydrogen-bond donors (Lipinski definition) is 1. The van der Waals surface area contributed by atoms with Crippen molar-refractivity contribution < 1.29 is 9.18 Å². The van der Waals surface area contributed by atoms with Gasteiger partial charge in [-0.2, -0.15) is 0 Å². The maximum absolute atomic E-state index is 13.8. The summed E-state index contributed by atoms with van der Waals surface area (Å²) in [4.78, 5) is 14.2. The van der Waals surface area contributed by atoms with Gasteiger partial charge in [0.1, 0.15) is 5.82 Å². The van der Waals surface area contributed by atoms with Crippen LogP contribution in [0, 0.1) is 11.7 Å². The van der Waals surface area contributed by atoms with Gasteiger partial charge in [-0.3, -0.25) is 4.79 Å². The number of carbonyl (C=O) groups is 1. The first kappa shape index (κ1) is 14.5. The number of benzene rings is 1. The third kappa shape index (κ3) is 2.98. The molecule has 1 aromatic rings. The van der Waals surface area contributed by atoms with Crippen LogP contribution in [-0.2, 0) is 0 Å². The van der Waals surface area contributed by atoms with Gasteiger partial charge in [0, 0.05) is 23.6 Å². The van der Waals surface area contributed by atoms with Crippen LogP contribution in [0.2, 0.25) is 0 Å². The lowest BCUT2D eigenvalue weighted by Gasteiger charge is -2.39. The summed E-state index contributed by atoms with van der Waals surface area (Å²) in [5.41, 5.74) is 5.88. The Morgan fingerprint density at radius 2 is 2.32 bits per heavy atom. The third-order valence-corrected chi connectivity index (χ3v) is 4.27. The monoisotopic (exact) mass is 328 g/mol. The molecule has 2 atom stereocenters. The molecule has 1 fully saturated rings. The molecule has 0 aliphatic carbocycles. The van der Waals surface area contributed by atoms with E-state index in [0.29, 0.717) is 23.5 Å². The van der Waals surface area contributed by atoms with Crippen molar-refractivity contribution in [1.29, 1.82) is 0 Å². The summed E-state index contributed by atoms with van der Waals surface area (Å²) < 4.78 is 14.5. The molecule has 1 saturated heterocycles. The third-order valence-electron chi connectivity index (χ3n) is 3.78. The quantitative estimate of drug-likeness (QED) is 0.907. The zero-order chi connectivity index (χ0) is 14.0. The van der Waals surface area contributed by atoms with Gasteiger partial charge in [-0.15, -0.1) is 0 Å². The first-order chi connectivity index (χ1) is 9.04. The van der Waals surface area contributed by atoms with Crippen LogP contribution in [0.5, 0.6) is 0 Å². The van der Waals surface area contributed by atoms with Crippen LogP contribution in [0.4, 0.5) is 4.39 Å². The minimum absolute atomic E-state index is 0.000341. The number of amides is 1. The second-order valence-electron chi connectivity index (χ2n) is 5.05. The number of piperidine rings is 1. The molecule has 0 spiro atoms. The van der Waals surface area contributed by atoms with Crippen molar-refractivity contribution >= 4 is 21.8 Å². The van der Waals surface area contributed by atoms with E-state index in [1.807, 2.05) is 0 Å². The summed E-state index contributed by atoms with van der Waals surface area (Å²) in [6, 6.07) is 4.43. The zero-order valence-electron chi connectivity index (χ0n) is 10.9. The number of rotatable bonds is 2. The molecule has 0 aromatic heterocycles. The minimum atomic E-state index is -0.484. The number of hydrogen-bond acceptors (Lipinski definition) is 2. The van der Waals surface area contributed by atoms with Crippen LogP contribution in [0.1, 0.15) is 30.1 Å². The van der Waals surface area contributed by atoms with E-state index >= 15 is 0 Å². The van der Waals surface area contributed by atoms with E-state index < -0.39 is 5.82 Å². The molecular formula is C14H18BrFN2O. The maximum Gasteiger partial charge on any atom is 0.257 e. The van der Waals surface area contributed by atoms with Gasteiger partial charge >= 0.3 is 0 Å². The van der Waals surface area contributed by atoms with Crippen LogP contribution in [0.15, 0.2) is 22.7 Å². The van der Waals surface area contributed by atoms with E-state index in [9.17, 15) is 9.18 Å². The molecule has 1 aliphatic rings. The average Bonchev–Trinajstić information content (AvgIpc) is 2.40. The molecule has 3 nitrogen and oxygen atoms in total. The summed E-state index contributed by atoms with van der Waals surface area (Å²) in [5.74, 6) is -0.388. The molecule has 2 rings (SSSR count). The Kier molecular flexibility index (Phi) is 4.58. The molecule has 2 N–H and O–H groups in total. The highest BCUT2D eigenvalue weighted by Crippen LogP contribution is 2.26. The van der Waals surface area contributed by atoms with Gasteiger partial charge in [0.05, 0.1) is 5.56 Å². The molecule has 1 aromatic carbocycles. The van der Waals surface area contributed by atoms with Gasteiger partial charge < -0.3 is 10.6 Å². The highest BCUT2D eigenvalue weighted by molar-refractivity contribution is 9.10. The number of nitrogens with two attached hydrogens (primary N) is 1. The fourth-order valence-electron chi connectivity index (χ4n) is 2.68. The Balaban J connectivity index is 2.29. The van der Waals surface area contributed by atoms with Crippen molar-refractivity contribution in [3.63, 3.8) is 0 Å². The lowest BCUT2D eigenvalue weighted by Crippen LogP contribution is -2.51. The maximum atomic E-state index is 13.8. The van der Waals surface area contributed by atoms with E-state index in [0.717, 1.165) is 12.8 Å². The van der Waals surface area contributed by atoms with Crippen LogP contribution < -0.4 is 5.73 Å². The second kappa shape index (κ2) is 6.01. The SMILES string of the molecule is CC1CCCN(C(=O)c2cc(Br)ccc2F)C1CN. The molecule has 1 heterocycles. The van der Waals surface area contributed by atoms with Crippen LogP contribution in [-0.4, -0.2) is 29.9 Å². The molecule has 2 unspecified atom stereocenters. The lowest BCUT2D eigenvalue weighted by atomic mass is 9.90. The molecule has 1 amide bonds.